The van der Waals surface area contributed by atoms with Crippen molar-refractivity contribution in [1.82, 2.24) is 19.9 Å². The van der Waals surface area contributed by atoms with E-state index in [0.717, 1.165) is 40.8 Å². The number of aryl methyl sites for hydroxylation is 1. The van der Waals surface area contributed by atoms with Crippen molar-refractivity contribution in [3.8, 4) is 9.88 Å². The number of imidazole rings is 1. The number of carbonyl (C=O) groups excluding carboxylic acids is 1. The van der Waals surface area contributed by atoms with E-state index in [1.54, 1.807) is 22.7 Å². The number of thiazole rings is 1. The van der Waals surface area contributed by atoms with E-state index in [1.165, 1.54) is 0 Å². The van der Waals surface area contributed by atoms with Gasteiger partial charge in [0.2, 0.25) is 5.91 Å². The Hall–Kier alpha value is -1.99. The van der Waals surface area contributed by atoms with Crippen LogP contribution in [0.3, 0.4) is 0 Å². The number of amides is 1. The Morgan fingerprint density at radius 3 is 3.26 bits per heavy atom. The van der Waals surface area contributed by atoms with Crippen LogP contribution in [-0.4, -0.2) is 26.5 Å². The molecule has 5 nitrogen and oxygen atoms in total. The first-order valence-corrected chi connectivity index (χ1v) is 9.31. The minimum Gasteiger partial charge on any atom is -0.351 e. The van der Waals surface area contributed by atoms with Gasteiger partial charge >= 0.3 is 0 Å². The van der Waals surface area contributed by atoms with Gasteiger partial charge in [0.25, 0.3) is 0 Å². The number of carbonyl (C=O) groups is 1. The SMILES string of the molecule is O=C(Cc1csc(-c2cccs2)n1)NC1CCc2nccn2C1. The maximum Gasteiger partial charge on any atom is 0.226 e. The van der Waals surface area contributed by atoms with Gasteiger partial charge in [-0.1, -0.05) is 6.07 Å². The Balaban J connectivity index is 1.36. The van der Waals surface area contributed by atoms with Crippen molar-refractivity contribution >= 4 is 28.6 Å². The molecule has 3 aromatic heterocycles. The lowest BCUT2D eigenvalue weighted by molar-refractivity contribution is -0.121. The Morgan fingerprint density at radius 2 is 2.39 bits per heavy atom. The molecule has 0 aromatic carbocycles. The third-order valence-electron chi connectivity index (χ3n) is 3.93. The quantitative estimate of drug-likeness (QED) is 0.792. The molecule has 3 aromatic rings. The van der Waals surface area contributed by atoms with Gasteiger partial charge in [0, 0.05) is 36.8 Å². The van der Waals surface area contributed by atoms with Gasteiger partial charge in [-0.2, -0.15) is 0 Å². The van der Waals surface area contributed by atoms with Gasteiger partial charge in [-0.25, -0.2) is 9.97 Å². The predicted octanol–water partition coefficient (Wildman–Crippen LogP) is 2.74. The number of fused-ring (bicyclic) bond motifs is 1. The lowest BCUT2D eigenvalue weighted by Gasteiger charge is -2.24. The first-order chi connectivity index (χ1) is 11.3. The molecule has 1 amide bonds. The van der Waals surface area contributed by atoms with E-state index >= 15 is 0 Å². The maximum atomic E-state index is 12.3. The fourth-order valence-electron chi connectivity index (χ4n) is 2.83. The van der Waals surface area contributed by atoms with Crippen molar-refractivity contribution in [2.45, 2.75) is 31.8 Å². The monoisotopic (exact) mass is 344 g/mol. The predicted molar refractivity (Wildman–Crippen MR) is 91.6 cm³/mol. The molecule has 1 unspecified atom stereocenters. The first-order valence-electron chi connectivity index (χ1n) is 7.55. The van der Waals surface area contributed by atoms with Crippen LogP contribution in [0.1, 0.15) is 17.9 Å². The van der Waals surface area contributed by atoms with E-state index < -0.39 is 0 Å². The van der Waals surface area contributed by atoms with Crippen LogP contribution in [0.15, 0.2) is 35.3 Å². The summed E-state index contributed by atoms with van der Waals surface area (Å²) in [7, 11) is 0. The number of aromatic nitrogens is 3. The molecule has 1 aliphatic rings. The van der Waals surface area contributed by atoms with Gasteiger partial charge in [-0.15, -0.1) is 22.7 Å². The number of hydrogen-bond acceptors (Lipinski definition) is 5. The summed E-state index contributed by atoms with van der Waals surface area (Å²) < 4.78 is 2.12. The zero-order valence-electron chi connectivity index (χ0n) is 12.4. The van der Waals surface area contributed by atoms with Crippen LogP contribution >= 0.6 is 22.7 Å². The van der Waals surface area contributed by atoms with E-state index in [1.807, 2.05) is 29.2 Å². The first kappa shape index (κ1) is 14.6. The standard InChI is InChI=1S/C16H16N4OS2/c21-15(18-11-3-4-14-17-5-6-20(14)9-11)8-12-10-23-16(19-12)13-2-1-7-22-13/h1-2,5-7,10-11H,3-4,8-9H2,(H,18,21). The van der Waals surface area contributed by atoms with Crippen molar-refractivity contribution in [2.75, 3.05) is 0 Å². The third-order valence-corrected chi connectivity index (χ3v) is 5.86. The van der Waals surface area contributed by atoms with Crippen LogP contribution in [0.25, 0.3) is 9.88 Å². The Kier molecular flexibility index (Phi) is 3.97. The molecular formula is C16H16N4OS2. The number of nitrogens with one attached hydrogen (secondary N) is 1. The summed E-state index contributed by atoms with van der Waals surface area (Å²) in [6.07, 6.45) is 5.99. The average molecular weight is 344 g/mol. The van der Waals surface area contributed by atoms with Gasteiger partial charge in [0.1, 0.15) is 10.8 Å². The number of rotatable bonds is 4. The van der Waals surface area contributed by atoms with Crippen molar-refractivity contribution in [1.29, 1.82) is 0 Å². The maximum absolute atomic E-state index is 12.3. The molecule has 0 spiro atoms. The van der Waals surface area contributed by atoms with Crippen molar-refractivity contribution in [3.63, 3.8) is 0 Å². The molecule has 1 atom stereocenters. The fourth-order valence-corrected chi connectivity index (χ4v) is 4.46. The Bertz CT molecular complexity index is 806. The third kappa shape index (κ3) is 3.20. The molecule has 0 fully saturated rings. The van der Waals surface area contributed by atoms with E-state index in [2.05, 4.69) is 25.9 Å². The number of nitrogens with zero attached hydrogens (tertiary/aromatic N) is 3. The molecule has 118 valence electrons. The van der Waals surface area contributed by atoms with Crippen LogP contribution in [0.5, 0.6) is 0 Å². The molecule has 1 aliphatic heterocycles. The summed E-state index contributed by atoms with van der Waals surface area (Å²) >= 11 is 3.26. The highest BCUT2D eigenvalue weighted by atomic mass is 32.1. The second-order valence-electron chi connectivity index (χ2n) is 5.60. The zero-order chi connectivity index (χ0) is 15.6. The lowest BCUT2D eigenvalue weighted by atomic mass is 10.1. The second-order valence-corrected chi connectivity index (χ2v) is 7.40. The topological polar surface area (TPSA) is 59.8 Å². The molecule has 0 aliphatic carbocycles. The summed E-state index contributed by atoms with van der Waals surface area (Å²) in [6, 6.07) is 4.25. The zero-order valence-corrected chi connectivity index (χ0v) is 14.1. The normalized spacial score (nSPS) is 17.0. The molecule has 4 heterocycles. The van der Waals surface area contributed by atoms with Crippen LogP contribution in [0.4, 0.5) is 0 Å². The summed E-state index contributed by atoms with van der Waals surface area (Å²) in [5, 5.41) is 8.13. The van der Waals surface area contributed by atoms with Crippen molar-refractivity contribution in [2.24, 2.45) is 0 Å². The van der Waals surface area contributed by atoms with Crippen LogP contribution < -0.4 is 5.32 Å². The number of thiophene rings is 1. The molecule has 0 radical (unpaired) electrons. The molecule has 7 heteroatoms. The largest absolute Gasteiger partial charge is 0.351 e. The average Bonchev–Trinajstić information content (AvgIpc) is 3.27. The smallest absolute Gasteiger partial charge is 0.226 e. The minimum absolute atomic E-state index is 0.0431. The van der Waals surface area contributed by atoms with Crippen LogP contribution in [-0.2, 0) is 24.2 Å². The van der Waals surface area contributed by atoms with Gasteiger partial charge in [-0.05, 0) is 17.9 Å². The van der Waals surface area contributed by atoms with Gasteiger partial charge in [-0.3, -0.25) is 4.79 Å². The van der Waals surface area contributed by atoms with E-state index in [4.69, 9.17) is 0 Å². The minimum atomic E-state index is 0.0431. The molecule has 4 rings (SSSR count). The summed E-state index contributed by atoms with van der Waals surface area (Å²) in [6.45, 7) is 0.804. The van der Waals surface area contributed by atoms with Crippen LogP contribution in [0.2, 0.25) is 0 Å². The van der Waals surface area contributed by atoms with E-state index in [0.29, 0.717) is 6.42 Å². The fraction of sp³-hybridized carbons (Fsp3) is 0.312. The van der Waals surface area contributed by atoms with Crippen molar-refractivity contribution < 1.29 is 4.79 Å². The van der Waals surface area contributed by atoms with E-state index in [9.17, 15) is 4.79 Å². The van der Waals surface area contributed by atoms with E-state index in [-0.39, 0.29) is 11.9 Å². The van der Waals surface area contributed by atoms with Gasteiger partial charge in [0.15, 0.2) is 0 Å². The summed E-state index contributed by atoms with van der Waals surface area (Å²) in [5.41, 5.74) is 0.843. The molecule has 0 saturated heterocycles. The Labute approximate surface area is 142 Å². The lowest BCUT2D eigenvalue weighted by Crippen LogP contribution is -2.41. The van der Waals surface area contributed by atoms with Crippen molar-refractivity contribution in [3.05, 3.63) is 46.8 Å². The highest BCUT2D eigenvalue weighted by Gasteiger charge is 2.20. The number of hydrogen-bond donors (Lipinski definition) is 1. The van der Waals surface area contributed by atoms with Gasteiger partial charge in [0.05, 0.1) is 17.0 Å². The molecular weight excluding hydrogens is 328 g/mol. The second kappa shape index (κ2) is 6.25. The Morgan fingerprint density at radius 1 is 1.43 bits per heavy atom. The summed E-state index contributed by atoms with van der Waals surface area (Å²) in [5.74, 6) is 1.15. The highest BCUT2D eigenvalue weighted by molar-refractivity contribution is 7.20. The molecule has 23 heavy (non-hydrogen) atoms. The highest BCUT2D eigenvalue weighted by Crippen LogP contribution is 2.27. The van der Waals surface area contributed by atoms with Crippen LogP contribution in [0, 0.1) is 0 Å². The molecule has 1 N–H and O–H groups in total. The molecule has 0 saturated carbocycles. The summed E-state index contributed by atoms with van der Waals surface area (Å²) in [4.78, 5) is 22.3. The van der Waals surface area contributed by atoms with Gasteiger partial charge < -0.3 is 9.88 Å². The molecule has 0 bridgehead atoms.